The SMILES string of the molecule is CC[C@H](C(=O)NCC(C)C)N(Cc1ccccc1Cl)C(=O)CN(c1ccccc1C(C)C)S(C)(=O)=O. The molecule has 7 nitrogen and oxygen atoms in total. The van der Waals surface area contributed by atoms with E-state index in [0.29, 0.717) is 29.2 Å². The molecule has 9 heteroatoms. The summed E-state index contributed by atoms with van der Waals surface area (Å²) in [5, 5.41) is 3.38. The van der Waals surface area contributed by atoms with Crippen molar-refractivity contribution < 1.29 is 18.0 Å². The number of rotatable bonds is 12. The molecule has 0 fully saturated rings. The van der Waals surface area contributed by atoms with Crippen LogP contribution in [0.2, 0.25) is 5.02 Å². The third kappa shape index (κ3) is 7.96. The lowest BCUT2D eigenvalue weighted by atomic mass is 10.0. The predicted molar refractivity (Wildman–Crippen MR) is 147 cm³/mol. The van der Waals surface area contributed by atoms with Gasteiger partial charge in [0.15, 0.2) is 0 Å². The van der Waals surface area contributed by atoms with Gasteiger partial charge in [0.05, 0.1) is 11.9 Å². The number of hydrogen-bond acceptors (Lipinski definition) is 4. The Balaban J connectivity index is 2.50. The molecular formula is C27H38ClN3O4S. The minimum Gasteiger partial charge on any atom is -0.354 e. The lowest BCUT2D eigenvalue weighted by molar-refractivity contribution is -0.140. The molecule has 2 amide bonds. The third-order valence-electron chi connectivity index (χ3n) is 5.88. The third-order valence-corrected chi connectivity index (χ3v) is 7.37. The zero-order valence-electron chi connectivity index (χ0n) is 22.0. The minimum atomic E-state index is -3.80. The number of carbonyl (C=O) groups excluding carboxylic acids is 2. The normalized spacial score (nSPS) is 12.5. The Morgan fingerprint density at radius 3 is 2.17 bits per heavy atom. The van der Waals surface area contributed by atoms with Crippen LogP contribution in [0.1, 0.15) is 58.1 Å². The Kier molecular flexibility index (Phi) is 10.8. The summed E-state index contributed by atoms with van der Waals surface area (Å²) in [6.07, 6.45) is 1.45. The molecule has 0 unspecified atom stereocenters. The Morgan fingerprint density at radius 1 is 1.00 bits per heavy atom. The van der Waals surface area contributed by atoms with E-state index in [1.54, 1.807) is 30.3 Å². The molecule has 0 saturated heterocycles. The Morgan fingerprint density at radius 2 is 1.61 bits per heavy atom. The maximum absolute atomic E-state index is 13.8. The zero-order valence-corrected chi connectivity index (χ0v) is 23.6. The summed E-state index contributed by atoms with van der Waals surface area (Å²) >= 11 is 6.39. The monoisotopic (exact) mass is 535 g/mol. The number of hydrogen-bond donors (Lipinski definition) is 1. The number of nitrogens with one attached hydrogen (secondary N) is 1. The maximum Gasteiger partial charge on any atom is 0.244 e. The predicted octanol–water partition coefficient (Wildman–Crippen LogP) is 4.81. The summed E-state index contributed by atoms with van der Waals surface area (Å²) in [5.41, 5.74) is 1.95. The summed E-state index contributed by atoms with van der Waals surface area (Å²) in [7, 11) is -3.80. The van der Waals surface area contributed by atoms with Crippen LogP contribution in [0.5, 0.6) is 0 Å². The van der Waals surface area contributed by atoms with Crippen LogP contribution >= 0.6 is 11.6 Å². The van der Waals surface area contributed by atoms with Gasteiger partial charge in [-0.05, 0) is 41.5 Å². The first-order valence-corrected chi connectivity index (χ1v) is 14.5. The van der Waals surface area contributed by atoms with Crippen molar-refractivity contribution in [3.63, 3.8) is 0 Å². The van der Waals surface area contributed by atoms with Gasteiger partial charge in [-0.1, -0.05) is 82.6 Å². The molecule has 0 aliphatic rings. The van der Waals surface area contributed by atoms with E-state index in [1.165, 1.54) is 4.90 Å². The molecular weight excluding hydrogens is 498 g/mol. The lowest BCUT2D eigenvalue weighted by Gasteiger charge is -2.33. The van der Waals surface area contributed by atoms with E-state index >= 15 is 0 Å². The highest BCUT2D eigenvalue weighted by molar-refractivity contribution is 7.92. The topological polar surface area (TPSA) is 86.8 Å². The average molecular weight is 536 g/mol. The number of sulfonamides is 1. The highest BCUT2D eigenvalue weighted by Gasteiger charge is 2.32. The summed E-state index contributed by atoms with van der Waals surface area (Å²) < 4.78 is 26.9. The van der Waals surface area contributed by atoms with Crippen molar-refractivity contribution in [3.05, 3.63) is 64.7 Å². The molecule has 0 radical (unpaired) electrons. The van der Waals surface area contributed by atoms with Gasteiger partial charge in [-0.2, -0.15) is 0 Å². The van der Waals surface area contributed by atoms with Gasteiger partial charge in [-0.3, -0.25) is 13.9 Å². The molecule has 0 heterocycles. The molecule has 0 bridgehead atoms. The standard InChI is InChI=1S/C27H38ClN3O4S/c1-7-24(27(33)29-16-19(2)3)30(17-21-12-8-10-14-23(21)28)26(32)18-31(36(6,34)35)25-15-11-9-13-22(25)20(4)5/h8-15,19-20,24H,7,16-18H2,1-6H3,(H,29,33)/t24-/m1/s1. The first-order valence-electron chi connectivity index (χ1n) is 12.2. The first kappa shape index (κ1) is 29.6. The van der Waals surface area contributed by atoms with Crippen LogP contribution in [-0.2, 0) is 26.2 Å². The van der Waals surface area contributed by atoms with E-state index in [0.717, 1.165) is 16.1 Å². The molecule has 0 spiro atoms. The second-order valence-corrected chi connectivity index (χ2v) is 12.0. The number of para-hydroxylation sites is 1. The van der Waals surface area contributed by atoms with Crippen molar-refractivity contribution >= 4 is 39.1 Å². The van der Waals surface area contributed by atoms with E-state index in [2.05, 4.69) is 5.32 Å². The zero-order chi connectivity index (χ0) is 27.0. The Bertz CT molecular complexity index is 1150. The van der Waals surface area contributed by atoms with Crippen LogP contribution in [-0.4, -0.2) is 50.5 Å². The second kappa shape index (κ2) is 13.1. The average Bonchev–Trinajstić information content (AvgIpc) is 2.81. The fourth-order valence-electron chi connectivity index (χ4n) is 3.95. The van der Waals surface area contributed by atoms with Gasteiger partial charge >= 0.3 is 0 Å². The van der Waals surface area contributed by atoms with E-state index in [-0.39, 0.29) is 24.3 Å². The lowest BCUT2D eigenvalue weighted by Crippen LogP contribution is -2.52. The molecule has 0 aliphatic heterocycles. The number of amides is 2. The van der Waals surface area contributed by atoms with Gasteiger partial charge in [0.1, 0.15) is 12.6 Å². The molecule has 2 aromatic carbocycles. The summed E-state index contributed by atoms with van der Waals surface area (Å²) in [6.45, 7) is 9.87. The molecule has 2 rings (SSSR count). The second-order valence-electron chi connectivity index (χ2n) is 9.66. The van der Waals surface area contributed by atoms with Crippen LogP contribution in [0.25, 0.3) is 0 Å². The Labute approximate surface area is 220 Å². The summed E-state index contributed by atoms with van der Waals surface area (Å²) in [5.74, 6) is -0.469. The van der Waals surface area contributed by atoms with Crippen LogP contribution < -0.4 is 9.62 Å². The van der Waals surface area contributed by atoms with Gasteiger partial charge in [-0.15, -0.1) is 0 Å². The van der Waals surface area contributed by atoms with Crippen LogP contribution in [0.3, 0.4) is 0 Å². The minimum absolute atomic E-state index is 0.0463. The van der Waals surface area contributed by atoms with Crippen molar-refractivity contribution in [3.8, 4) is 0 Å². The summed E-state index contributed by atoms with van der Waals surface area (Å²) in [6, 6.07) is 13.5. The van der Waals surface area contributed by atoms with Gasteiger partial charge < -0.3 is 10.2 Å². The summed E-state index contributed by atoms with van der Waals surface area (Å²) in [4.78, 5) is 28.4. The maximum atomic E-state index is 13.8. The largest absolute Gasteiger partial charge is 0.354 e. The van der Waals surface area contributed by atoms with Crippen LogP contribution in [0.4, 0.5) is 5.69 Å². The number of halogens is 1. The molecule has 0 saturated carbocycles. The van der Waals surface area contributed by atoms with Gasteiger partial charge in [0, 0.05) is 18.1 Å². The first-order chi connectivity index (χ1) is 16.9. The number of nitrogens with zero attached hydrogens (tertiary/aromatic N) is 2. The van der Waals surface area contributed by atoms with Crippen LogP contribution in [0.15, 0.2) is 48.5 Å². The molecule has 198 valence electrons. The molecule has 0 aliphatic carbocycles. The van der Waals surface area contributed by atoms with Crippen LogP contribution in [0, 0.1) is 5.92 Å². The van der Waals surface area contributed by atoms with Gasteiger partial charge in [0.2, 0.25) is 21.8 Å². The number of anilines is 1. The van der Waals surface area contributed by atoms with Crippen molar-refractivity contribution in [2.45, 2.75) is 59.5 Å². The fraction of sp³-hybridized carbons (Fsp3) is 0.481. The van der Waals surface area contributed by atoms with E-state index in [9.17, 15) is 18.0 Å². The van der Waals surface area contributed by atoms with Crippen molar-refractivity contribution in [1.29, 1.82) is 0 Å². The fourth-order valence-corrected chi connectivity index (χ4v) is 5.01. The molecule has 2 aromatic rings. The van der Waals surface area contributed by atoms with E-state index in [4.69, 9.17) is 11.6 Å². The number of carbonyl (C=O) groups is 2. The highest BCUT2D eigenvalue weighted by atomic mass is 35.5. The van der Waals surface area contributed by atoms with Gasteiger partial charge in [-0.25, -0.2) is 8.42 Å². The van der Waals surface area contributed by atoms with Crippen molar-refractivity contribution in [2.75, 3.05) is 23.7 Å². The molecule has 1 atom stereocenters. The number of benzene rings is 2. The molecule has 0 aromatic heterocycles. The van der Waals surface area contributed by atoms with E-state index in [1.807, 2.05) is 52.8 Å². The highest BCUT2D eigenvalue weighted by Crippen LogP contribution is 2.29. The Hall–Kier alpha value is -2.58. The van der Waals surface area contributed by atoms with Crippen molar-refractivity contribution in [1.82, 2.24) is 10.2 Å². The quantitative estimate of drug-likeness (QED) is 0.422. The van der Waals surface area contributed by atoms with Gasteiger partial charge in [0.25, 0.3) is 0 Å². The van der Waals surface area contributed by atoms with Crippen molar-refractivity contribution in [2.24, 2.45) is 5.92 Å². The van der Waals surface area contributed by atoms with E-state index < -0.39 is 28.5 Å². The molecule has 1 N–H and O–H groups in total. The molecule has 36 heavy (non-hydrogen) atoms. The smallest absolute Gasteiger partial charge is 0.244 e.